The molecule has 0 radical (unpaired) electrons. The van der Waals surface area contributed by atoms with Gasteiger partial charge in [0.1, 0.15) is 0 Å². The predicted molar refractivity (Wildman–Crippen MR) is 237 cm³/mol. The Kier molecular flexibility index (Phi) is 44.6. The SMILES string of the molecule is CCCCCCCCCCCCCCCCCCCCCC(=O)OCCCCCCCCCCCC(=O)NC(CO)C(O)CCCCCCCCCCCC. The van der Waals surface area contributed by atoms with Gasteiger partial charge >= 0.3 is 5.97 Å². The van der Waals surface area contributed by atoms with Crippen LogP contribution in [0.3, 0.4) is 0 Å². The number of esters is 1. The first-order valence-corrected chi connectivity index (χ1v) is 24.8. The summed E-state index contributed by atoms with van der Waals surface area (Å²) in [5.41, 5.74) is 0. The van der Waals surface area contributed by atoms with E-state index in [4.69, 9.17) is 4.74 Å². The van der Waals surface area contributed by atoms with Crippen LogP contribution in [0.25, 0.3) is 0 Å². The smallest absolute Gasteiger partial charge is 0.305 e. The molecule has 3 N–H and O–H groups in total. The molecule has 0 fully saturated rings. The number of aliphatic hydroxyl groups is 2. The first-order valence-electron chi connectivity index (χ1n) is 24.8. The van der Waals surface area contributed by atoms with Crippen molar-refractivity contribution in [1.82, 2.24) is 5.32 Å². The van der Waals surface area contributed by atoms with Gasteiger partial charge in [-0.15, -0.1) is 0 Å². The molecular weight excluding hydrogens is 683 g/mol. The largest absolute Gasteiger partial charge is 0.466 e. The molecule has 0 aromatic rings. The molecular formula is C49H97NO5. The van der Waals surface area contributed by atoms with Gasteiger partial charge in [-0.05, 0) is 25.7 Å². The number of unbranched alkanes of at least 4 members (excludes halogenated alkanes) is 35. The van der Waals surface area contributed by atoms with Gasteiger partial charge in [-0.25, -0.2) is 0 Å². The van der Waals surface area contributed by atoms with Crippen LogP contribution < -0.4 is 5.32 Å². The molecule has 0 aromatic carbocycles. The van der Waals surface area contributed by atoms with Crippen molar-refractivity contribution in [1.29, 1.82) is 0 Å². The molecule has 6 nitrogen and oxygen atoms in total. The highest BCUT2D eigenvalue weighted by Crippen LogP contribution is 2.17. The van der Waals surface area contributed by atoms with E-state index in [2.05, 4.69) is 19.2 Å². The van der Waals surface area contributed by atoms with Crippen LogP contribution in [0.2, 0.25) is 0 Å². The third-order valence-corrected chi connectivity index (χ3v) is 11.7. The standard InChI is InChI=1S/C49H97NO5/c1-3-5-7-9-11-13-15-16-17-18-19-20-21-22-23-27-31-35-39-43-49(54)55-44-40-36-32-28-24-26-30-34-38-42-48(53)50-46(45-51)47(52)41-37-33-29-25-14-12-10-8-6-4-2/h46-47,51-52H,3-45H2,1-2H3,(H,50,53). The highest BCUT2D eigenvalue weighted by molar-refractivity contribution is 5.76. The van der Waals surface area contributed by atoms with Gasteiger partial charge in [-0.2, -0.15) is 0 Å². The Labute approximate surface area is 343 Å². The lowest BCUT2D eigenvalue weighted by Gasteiger charge is -2.22. The van der Waals surface area contributed by atoms with Crippen LogP contribution in [0.4, 0.5) is 0 Å². The third kappa shape index (κ3) is 42.3. The van der Waals surface area contributed by atoms with Crippen molar-refractivity contribution in [2.45, 2.75) is 289 Å². The topological polar surface area (TPSA) is 95.9 Å². The van der Waals surface area contributed by atoms with Gasteiger partial charge < -0.3 is 20.3 Å². The highest BCUT2D eigenvalue weighted by atomic mass is 16.5. The second-order valence-corrected chi connectivity index (χ2v) is 17.2. The van der Waals surface area contributed by atoms with Crippen LogP contribution in [0.5, 0.6) is 0 Å². The zero-order valence-electron chi connectivity index (χ0n) is 37.2. The second kappa shape index (κ2) is 45.6. The Morgan fingerprint density at radius 2 is 0.745 bits per heavy atom. The summed E-state index contributed by atoms with van der Waals surface area (Å²) in [5, 5.41) is 23.1. The second-order valence-electron chi connectivity index (χ2n) is 17.2. The number of amides is 1. The van der Waals surface area contributed by atoms with Crippen molar-refractivity contribution in [2.24, 2.45) is 0 Å². The Bertz CT molecular complexity index is 776. The average molecular weight is 780 g/mol. The summed E-state index contributed by atoms with van der Waals surface area (Å²) < 4.78 is 5.46. The molecule has 0 spiro atoms. The number of hydrogen-bond acceptors (Lipinski definition) is 5. The maximum absolute atomic E-state index is 12.4. The van der Waals surface area contributed by atoms with E-state index in [9.17, 15) is 19.8 Å². The van der Waals surface area contributed by atoms with Gasteiger partial charge in [-0.1, -0.05) is 239 Å². The average Bonchev–Trinajstić information content (AvgIpc) is 3.18. The Morgan fingerprint density at radius 3 is 1.11 bits per heavy atom. The minimum Gasteiger partial charge on any atom is -0.466 e. The van der Waals surface area contributed by atoms with E-state index in [0.717, 1.165) is 57.8 Å². The number of rotatable bonds is 46. The maximum atomic E-state index is 12.4. The lowest BCUT2D eigenvalue weighted by atomic mass is 10.0. The van der Waals surface area contributed by atoms with Crippen LogP contribution in [0.1, 0.15) is 277 Å². The van der Waals surface area contributed by atoms with Gasteiger partial charge in [0.2, 0.25) is 5.91 Å². The van der Waals surface area contributed by atoms with Crippen molar-refractivity contribution >= 4 is 11.9 Å². The van der Waals surface area contributed by atoms with E-state index in [1.54, 1.807) is 0 Å². The Hall–Kier alpha value is -1.14. The third-order valence-electron chi connectivity index (χ3n) is 11.7. The Morgan fingerprint density at radius 1 is 0.436 bits per heavy atom. The van der Waals surface area contributed by atoms with Crippen LogP contribution in [-0.2, 0) is 14.3 Å². The van der Waals surface area contributed by atoms with E-state index in [1.165, 1.54) is 186 Å². The summed E-state index contributed by atoms with van der Waals surface area (Å²) in [5.74, 6) is -0.0829. The summed E-state index contributed by atoms with van der Waals surface area (Å²) in [4.78, 5) is 24.4. The summed E-state index contributed by atoms with van der Waals surface area (Å²) in [6.07, 6.45) is 49.3. The maximum Gasteiger partial charge on any atom is 0.305 e. The lowest BCUT2D eigenvalue weighted by Crippen LogP contribution is -2.45. The number of nitrogens with one attached hydrogen (secondary N) is 1. The predicted octanol–water partition coefficient (Wildman–Crippen LogP) is 14.4. The van der Waals surface area contributed by atoms with Crippen molar-refractivity contribution in [3.63, 3.8) is 0 Å². The molecule has 55 heavy (non-hydrogen) atoms. The van der Waals surface area contributed by atoms with Crippen molar-refractivity contribution in [2.75, 3.05) is 13.2 Å². The monoisotopic (exact) mass is 780 g/mol. The lowest BCUT2D eigenvalue weighted by molar-refractivity contribution is -0.143. The zero-order chi connectivity index (χ0) is 40.1. The first-order chi connectivity index (χ1) is 27.0. The molecule has 2 atom stereocenters. The van der Waals surface area contributed by atoms with Crippen molar-refractivity contribution in [3.05, 3.63) is 0 Å². The highest BCUT2D eigenvalue weighted by Gasteiger charge is 2.20. The quantitative estimate of drug-likeness (QED) is 0.0422. The van der Waals surface area contributed by atoms with Crippen LogP contribution >= 0.6 is 0 Å². The van der Waals surface area contributed by atoms with Crippen LogP contribution in [0.15, 0.2) is 0 Å². The van der Waals surface area contributed by atoms with Gasteiger partial charge in [0.15, 0.2) is 0 Å². The molecule has 0 saturated carbocycles. The van der Waals surface area contributed by atoms with E-state index >= 15 is 0 Å². The van der Waals surface area contributed by atoms with E-state index in [1.807, 2.05) is 0 Å². The fourth-order valence-corrected chi connectivity index (χ4v) is 7.82. The summed E-state index contributed by atoms with van der Waals surface area (Å²) in [6.45, 7) is 4.89. The van der Waals surface area contributed by atoms with Crippen molar-refractivity contribution < 1.29 is 24.5 Å². The van der Waals surface area contributed by atoms with Gasteiger partial charge in [0.05, 0.1) is 25.4 Å². The number of hydrogen-bond donors (Lipinski definition) is 3. The molecule has 328 valence electrons. The zero-order valence-corrected chi connectivity index (χ0v) is 37.2. The molecule has 0 rings (SSSR count). The van der Waals surface area contributed by atoms with Crippen molar-refractivity contribution in [3.8, 4) is 0 Å². The normalized spacial score (nSPS) is 12.6. The minimum absolute atomic E-state index is 0.0203. The van der Waals surface area contributed by atoms with E-state index < -0.39 is 12.1 Å². The first kappa shape index (κ1) is 53.9. The minimum atomic E-state index is -0.678. The number of carbonyl (C=O) groups excluding carboxylic acids is 2. The fraction of sp³-hybridized carbons (Fsp3) is 0.959. The van der Waals surface area contributed by atoms with Gasteiger partial charge in [-0.3, -0.25) is 9.59 Å². The summed E-state index contributed by atoms with van der Waals surface area (Å²) in [6, 6.07) is -0.557. The molecule has 0 aromatic heterocycles. The summed E-state index contributed by atoms with van der Waals surface area (Å²) >= 11 is 0. The summed E-state index contributed by atoms with van der Waals surface area (Å²) in [7, 11) is 0. The van der Waals surface area contributed by atoms with Gasteiger partial charge in [0.25, 0.3) is 0 Å². The number of carbonyl (C=O) groups is 2. The molecule has 0 aliphatic heterocycles. The van der Waals surface area contributed by atoms with Crippen LogP contribution in [-0.4, -0.2) is 47.4 Å². The molecule has 0 saturated heterocycles. The molecule has 0 heterocycles. The molecule has 2 unspecified atom stereocenters. The molecule has 1 amide bonds. The van der Waals surface area contributed by atoms with E-state index in [0.29, 0.717) is 25.9 Å². The number of aliphatic hydroxyl groups excluding tert-OH is 2. The van der Waals surface area contributed by atoms with E-state index in [-0.39, 0.29) is 18.5 Å². The fourth-order valence-electron chi connectivity index (χ4n) is 7.82. The molecule has 0 aliphatic rings. The van der Waals surface area contributed by atoms with Gasteiger partial charge in [0, 0.05) is 12.8 Å². The molecule has 0 aliphatic carbocycles. The Balaban J connectivity index is 3.42. The molecule has 0 bridgehead atoms. The number of ether oxygens (including phenoxy) is 1. The van der Waals surface area contributed by atoms with Crippen LogP contribution in [0, 0.1) is 0 Å². The molecule has 6 heteroatoms.